The van der Waals surface area contributed by atoms with Crippen molar-refractivity contribution in [1.82, 2.24) is 4.98 Å². The second-order valence-electron chi connectivity index (χ2n) is 4.10. The van der Waals surface area contributed by atoms with Gasteiger partial charge in [-0.3, -0.25) is 4.79 Å². The smallest absolute Gasteiger partial charge is 0.356 e. The molecule has 0 aromatic carbocycles. The third kappa shape index (κ3) is 2.56. The molecular weight excluding hydrogens is 274 g/mol. The number of primary sulfonamides is 1. The van der Waals surface area contributed by atoms with Crippen LogP contribution in [-0.4, -0.2) is 42.2 Å². The number of sulfonamides is 1. The molecule has 1 aliphatic heterocycles. The lowest BCUT2D eigenvalue weighted by atomic mass is 10.2. The van der Waals surface area contributed by atoms with Crippen LogP contribution in [0.2, 0.25) is 0 Å². The molecule has 8 nitrogen and oxygen atoms in total. The van der Waals surface area contributed by atoms with Gasteiger partial charge in [-0.25, -0.2) is 23.3 Å². The molecule has 1 aromatic heterocycles. The third-order valence-electron chi connectivity index (χ3n) is 2.83. The topological polar surface area (TPSA) is 131 Å². The van der Waals surface area contributed by atoms with Crippen LogP contribution >= 0.6 is 0 Å². The number of carbonyl (C=O) groups excluding carboxylic acids is 1. The van der Waals surface area contributed by atoms with Crippen molar-refractivity contribution in [2.45, 2.75) is 11.7 Å². The molecule has 1 saturated heterocycles. The molecule has 0 spiro atoms. The van der Waals surface area contributed by atoms with Crippen LogP contribution in [0.1, 0.15) is 16.9 Å². The van der Waals surface area contributed by atoms with Gasteiger partial charge in [-0.05, 0) is 12.1 Å². The minimum Gasteiger partial charge on any atom is -0.476 e. The summed E-state index contributed by atoms with van der Waals surface area (Å²) in [7, 11) is -3.84. The number of nitrogens with two attached hydrogens (primary N) is 1. The number of carboxylic acids is 1. The number of carboxylic acid groups (broad SMARTS) is 1. The lowest BCUT2D eigenvalue weighted by Gasteiger charge is -2.17. The number of anilines is 1. The highest BCUT2D eigenvalue weighted by Crippen LogP contribution is 2.26. The molecule has 3 N–H and O–H groups in total. The standard InChI is InChI=1S/C10H11N3O5S/c11-19(17,18)6-4-8(14)13(5-6)7-2-1-3-12-9(7)10(15)16/h1-3,6H,4-5H2,(H,15,16)(H2,11,17,18). The number of aromatic carboxylic acids is 1. The Labute approximate surface area is 108 Å². The quantitative estimate of drug-likeness (QED) is 0.745. The van der Waals surface area contributed by atoms with E-state index in [4.69, 9.17) is 10.2 Å². The minimum absolute atomic E-state index is 0.0751. The summed E-state index contributed by atoms with van der Waals surface area (Å²) in [6, 6.07) is 2.87. The van der Waals surface area contributed by atoms with E-state index < -0.39 is 27.1 Å². The third-order valence-corrected chi connectivity index (χ3v) is 4.08. The molecule has 9 heteroatoms. The van der Waals surface area contributed by atoms with Crippen molar-refractivity contribution in [2.24, 2.45) is 5.14 Å². The van der Waals surface area contributed by atoms with Gasteiger partial charge in [-0.15, -0.1) is 0 Å². The minimum atomic E-state index is -3.84. The Balaban J connectivity index is 2.39. The van der Waals surface area contributed by atoms with Crippen LogP contribution in [0.3, 0.4) is 0 Å². The second-order valence-corrected chi connectivity index (χ2v) is 5.94. The highest BCUT2D eigenvalue weighted by molar-refractivity contribution is 7.89. The van der Waals surface area contributed by atoms with Gasteiger partial charge >= 0.3 is 5.97 Å². The first-order chi connectivity index (χ1) is 8.80. The second kappa shape index (κ2) is 4.59. The maximum Gasteiger partial charge on any atom is 0.356 e. The number of hydrogen-bond acceptors (Lipinski definition) is 5. The monoisotopic (exact) mass is 285 g/mol. The van der Waals surface area contributed by atoms with Gasteiger partial charge in [0.1, 0.15) is 5.25 Å². The number of hydrogen-bond donors (Lipinski definition) is 2. The molecule has 1 amide bonds. The maximum absolute atomic E-state index is 11.8. The van der Waals surface area contributed by atoms with Crippen LogP contribution in [0.25, 0.3) is 0 Å². The first-order valence-electron chi connectivity index (χ1n) is 5.31. The van der Waals surface area contributed by atoms with E-state index in [1.165, 1.54) is 18.3 Å². The molecule has 0 saturated carbocycles. The van der Waals surface area contributed by atoms with E-state index in [1.54, 1.807) is 0 Å². The van der Waals surface area contributed by atoms with Crippen molar-refractivity contribution in [3.8, 4) is 0 Å². The number of rotatable bonds is 3. The van der Waals surface area contributed by atoms with E-state index in [1.807, 2.05) is 0 Å². The number of pyridine rings is 1. The summed E-state index contributed by atoms with van der Waals surface area (Å²) in [5, 5.41) is 13.0. The molecule has 1 aromatic rings. The molecule has 0 aliphatic carbocycles. The Morgan fingerprint density at radius 3 is 2.74 bits per heavy atom. The molecule has 19 heavy (non-hydrogen) atoms. The van der Waals surface area contributed by atoms with Crippen LogP contribution in [0.4, 0.5) is 5.69 Å². The Morgan fingerprint density at radius 1 is 1.53 bits per heavy atom. The van der Waals surface area contributed by atoms with E-state index in [2.05, 4.69) is 4.98 Å². The summed E-state index contributed by atoms with van der Waals surface area (Å²) in [5.41, 5.74) is -0.225. The molecule has 1 fully saturated rings. The largest absolute Gasteiger partial charge is 0.476 e. The van der Waals surface area contributed by atoms with Gasteiger partial charge in [0.05, 0.1) is 5.69 Å². The average Bonchev–Trinajstić information content (AvgIpc) is 2.71. The summed E-state index contributed by atoms with van der Waals surface area (Å²) in [6.45, 7) is -0.163. The van der Waals surface area contributed by atoms with E-state index in [-0.39, 0.29) is 24.3 Å². The zero-order valence-corrected chi connectivity index (χ0v) is 10.5. The molecule has 0 bridgehead atoms. The Hall–Kier alpha value is -2.00. The summed E-state index contributed by atoms with van der Waals surface area (Å²) >= 11 is 0. The molecule has 2 rings (SSSR count). The van der Waals surface area contributed by atoms with Gasteiger partial charge in [-0.1, -0.05) is 0 Å². The van der Waals surface area contributed by atoms with Gasteiger partial charge in [-0.2, -0.15) is 0 Å². The summed E-state index contributed by atoms with van der Waals surface area (Å²) in [4.78, 5) is 27.6. The molecule has 2 heterocycles. The van der Waals surface area contributed by atoms with Gasteiger partial charge in [0.25, 0.3) is 0 Å². The van der Waals surface area contributed by atoms with E-state index >= 15 is 0 Å². The molecule has 1 atom stereocenters. The Morgan fingerprint density at radius 2 is 2.21 bits per heavy atom. The van der Waals surface area contributed by atoms with Crippen molar-refractivity contribution < 1.29 is 23.1 Å². The Bertz CT molecular complexity index is 642. The van der Waals surface area contributed by atoms with Crippen LogP contribution in [-0.2, 0) is 14.8 Å². The molecule has 102 valence electrons. The predicted octanol–water partition coefficient (Wildman–Crippen LogP) is -0.826. The van der Waals surface area contributed by atoms with Crippen LogP contribution < -0.4 is 10.0 Å². The van der Waals surface area contributed by atoms with Gasteiger partial charge in [0.2, 0.25) is 15.9 Å². The van der Waals surface area contributed by atoms with Crippen molar-refractivity contribution >= 4 is 27.6 Å². The van der Waals surface area contributed by atoms with Crippen molar-refractivity contribution in [1.29, 1.82) is 0 Å². The number of carbonyl (C=O) groups is 2. The van der Waals surface area contributed by atoms with Crippen LogP contribution in [0.5, 0.6) is 0 Å². The first-order valence-corrected chi connectivity index (χ1v) is 6.92. The summed E-state index contributed by atoms with van der Waals surface area (Å²) in [5.74, 6) is -1.78. The Kier molecular flexibility index (Phi) is 3.25. The highest BCUT2D eigenvalue weighted by Gasteiger charge is 2.38. The first kappa shape index (κ1) is 13.4. The summed E-state index contributed by atoms with van der Waals surface area (Å²) < 4.78 is 22.5. The normalized spacial score (nSPS) is 19.7. The average molecular weight is 285 g/mol. The molecule has 1 unspecified atom stereocenters. The zero-order valence-electron chi connectivity index (χ0n) is 9.68. The van der Waals surface area contributed by atoms with Crippen molar-refractivity contribution in [2.75, 3.05) is 11.4 Å². The number of amides is 1. The van der Waals surface area contributed by atoms with Gasteiger partial charge in [0, 0.05) is 19.2 Å². The zero-order chi connectivity index (χ0) is 14.2. The lowest BCUT2D eigenvalue weighted by Crippen LogP contribution is -2.32. The molecular formula is C10H11N3O5S. The lowest BCUT2D eigenvalue weighted by molar-refractivity contribution is -0.117. The fraction of sp³-hybridized carbons (Fsp3) is 0.300. The highest BCUT2D eigenvalue weighted by atomic mass is 32.2. The fourth-order valence-corrected chi connectivity index (χ4v) is 2.64. The van der Waals surface area contributed by atoms with E-state index in [9.17, 15) is 18.0 Å². The fourth-order valence-electron chi connectivity index (χ4n) is 1.91. The maximum atomic E-state index is 11.8. The van der Waals surface area contributed by atoms with Crippen LogP contribution in [0.15, 0.2) is 18.3 Å². The van der Waals surface area contributed by atoms with Crippen LogP contribution in [0, 0.1) is 0 Å². The molecule has 1 aliphatic rings. The van der Waals surface area contributed by atoms with Crippen molar-refractivity contribution in [3.05, 3.63) is 24.0 Å². The van der Waals surface area contributed by atoms with Crippen molar-refractivity contribution in [3.63, 3.8) is 0 Å². The SMILES string of the molecule is NS(=O)(=O)C1CC(=O)N(c2cccnc2C(=O)O)C1. The predicted molar refractivity (Wildman–Crippen MR) is 65.1 cm³/mol. The van der Waals surface area contributed by atoms with Gasteiger partial charge < -0.3 is 10.0 Å². The van der Waals surface area contributed by atoms with Gasteiger partial charge in [0.15, 0.2) is 5.69 Å². The van der Waals surface area contributed by atoms with E-state index in [0.717, 1.165) is 4.90 Å². The number of aromatic nitrogens is 1. The molecule has 0 radical (unpaired) electrons. The number of nitrogens with zero attached hydrogens (tertiary/aromatic N) is 2. The van der Waals surface area contributed by atoms with E-state index in [0.29, 0.717) is 0 Å². The summed E-state index contributed by atoms with van der Waals surface area (Å²) in [6.07, 6.45) is 1.03.